The number of nitrogens with one attached hydrogen (secondary N) is 1. The van der Waals surface area contributed by atoms with E-state index in [-0.39, 0.29) is 11.3 Å². The molecule has 0 saturated heterocycles. The van der Waals surface area contributed by atoms with Crippen LogP contribution < -0.4 is 5.32 Å². The number of thiazole rings is 1. The van der Waals surface area contributed by atoms with Gasteiger partial charge in [-0.15, -0.1) is 11.3 Å². The molecule has 5 heteroatoms. The minimum atomic E-state index is -0.761. The van der Waals surface area contributed by atoms with Crippen molar-refractivity contribution in [1.82, 2.24) is 10.3 Å². The van der Waals surface area contributed by atoms with E-state index in [4.69, 9.17) is 4.98 Å². The monoisotopic (exact) mass is 329 g/mol. The minimum Gasteiger partial charge on any atom is -0.355 e. The average molecular weight is 329 g/mol. The summed E-state index contributed by atoms with van der Waals surface area (Å²) in [7, 11) is 0. The second-order valence-electron chi connectivity index (χ2n) is 7.73. The van der Waals surface area contributed by atoms with E-state index in [1.165, 1.54) is 55.6 Å². The van der Waals surface area contributed by atoms with Crippen molar-refractivity contribution in [3.05, 3.63) is 16.1 Å². The van der Waals surface area contributed by atoms with Crippen LogP contribution in [0.3, 0.4) is 0 Å². The fourth-order valence-electron chi connectivity index (χ4n) is 5.59. The molecule has 23 heavy (non-hydrogen) atoms. The molecule has 4 fully saturated rings. The molecular formula is C18H23N3OS. The fraction of sp³-hybridized carbons (Fsp3) is 0.722. The molecule has 4 bridgehead atoms. The van der Waals surface area contributed by atoms with Crippen molar-refractivity contribution in [2.75, 3.05) is 6.54 Å². The Morgan fingerprint density at radius 1 is 1.39 bits per heavy atom. The first-order valence-corrected chi connectivity index (χ1v) is 9.64. The second-order valence-corrected chi connectivity index (χ2v) is 8.62. The number of aromatic nitrogens is 1. The van der Waals surface area contributed by atoms with E-state index >= 15 is 0 Å². The van der Waals surface area contributed by atoms with E-state index in [2.05, 4.69) is 16.8 Å². The molecule has 4 saturated carbocycles. The third-order valence-corrected chi connectivity index (χ3v) is 7.00. The van der Waals surface area contributed by atoms with Crippen LogP contribution in [-0.2, 0) is 10.2 Å². The summed E-state index contributed by atoms with van der Waals surface area (Å²) < 4.78 is 0. The average Bonchev–Trinajstić information content (AvgIpc) is 2.97. The summed E-state index contributed by atoms with van der Waals surface area (Å²) in [5.74, 6) is 1.65. The van der Waals surface area contributed by atoms with Gasteiger partial charge in [-0.1, -0.05) is 0 Å². The Kier molecular flexibility index (Phi) is 3.68. The smallest absolute Gasteiger partial charge is 0.244 e. The van der Waals surface area contributed by atoms with E-state index in [1.807, 2.05) is 6.92 Å². The zero-order chi connectivity index (χ0) is 16.0. The van der Waals surface area contributed by atoms with Crippen LogP contribution in [0.5, 0.6) is 0 Å². The van der Waals surface area contributed by atoms with Crippen molar-refractivity contribution in [3.63, 3.8) is 0 Å². The highest BCUT2D eigenvalue weighted by Gasteiger charge is 2.52. The van der Waals surface area contributed by atoms with Crippen molar-refractivity contribution in [1.29, 1.82) is 5.26 Å². The van der Waals surface area contributed by atoms with Crippen LogP contribution in [-0.4, -0.2) is 17.4 Å². The van der Waals surface area contributed by atoms with E-state index in [9.17, 15) is 10.1 Å². The molecule has 0 spiro atoms. The van der Waals surface area contributed by atoms with Gasteiger partial charge in [0.05, 0.1) is 11.8 Å². The molecule has 122 valence electrons. The highest BCUT2D eigenvalue weighted by atomic mass is 32.1. The summed E-state index contributed by atoms with van der Waals surface area (Å²) >= 11 is 1.49. The van der Waals surface area contributed by atoms with Gasteiger partial charge in [0, 0.05) is 17.3 Å². The molecule has 1 unspecified atom stereocenters. The molecule has 5 rings (SSSR count). The molecule has 1 aromatic rings. The first kappa shape index (κ1) is 15.1. The number of hydrogen-bond acceptors (Lipinski definition) is 4. The number of carbonyl (C=O) groups is 1. The summed E-state index contributed by atoms with van der Waals surface area (Å²) in [5.41, 5.74) is 1.41. The normalized spacial score (nSPS) is 35.7. The molecule has 4 aliphatic rings. The Morgan fingerprint density at radius 3 is 2.52 bits per heavy atom. The van der Waals surface area contributed by atoms with Gasteiger partial charge in [0.25, 0.3) is 0 Å². The number of rotatable bonds is 4. The summed E-state index contributed by atoms with van der Waals surface area (Å²) in [6.07, 6.45) is 8.03. The van der Waals surface area contributed by atoms with Crippen molar-refractivity contribution < 1.29 is 4.79 Å². The molecule has 0 aromatic carbocycles. The maximum Gasteiger partial charge on any atom is 0.244 e. The molecule has 1 atom stereocenters. The number of hydrogen-bond donors (Lipinski definition) is 1. The van der Waals surface area contributed by atoms with Crippen LogP contribution in [0.2, 0.25) is 0 Å². The Hall–Kier alpha value is -1.41. The maximum absolute atomic E-state index is 12.1. The van der Waals surface area contributed by atoms with Crippen molar-refractivity contribution in [2.24, 2.45) is 17.8 Å². The molecule has 0 aliphatic heterocycles. The number of carbonyl (C=O) groups excluding carboxylic acids is 1. The van der Waals surface area contributed by atoms with Crippen molar-refractivity contribution in [2.45, 2.75) is 56.8 Å². The van der Waals surface area contributed by atoms with Crippen LogP contribution >= 0.6 is 11.3 Å². The van der Waals surface area contributed by atoms with Gasteiger partial charge >= 0.3 is 0 Å². The molecular weight excluding hydrogens is 306 g/mol. The quantitative estimate of drug-likeness (QED) is 0.921. The van der Waals surface area contributed by atoms with E-state index in [0.29, 0.717) is 11.6 Å². The maximum atomic E-state index is 12.1. The van der Waals surface area contributed by atoms with Crippen LogP contribution in [0, 0.1) is 29.1 Å². The number of nitrogens with zero attached hydrogens (tertiary/aromatic N) is 2. The van der Waals surface area contributed by atoms with Gasteiger partial charge in [0.15, 0.2) is 5.92 Å². The Labute approximate surface area is 141 Å². The van der Waals surface area contributed by atoms with Gasteiger partial charge in [-0.3, -0.25) is 4.79 Å². The van der Waals surface area contributed by atoms with E-state index in [1.54, 1.807) is 0 Å². The standard InChI is InChI=1S/C18H23N3OS/c1-2-20-16(22)14(9-19)17-21-15(10-23-17)18-6-11-3-12(7-18)5-13(4-11)8-18/h10-14H,2-8H2,1H3,(H,20,22). The van der Waals surface area contributed by atoms with Crippen LogP contribution in [0.25, 0.3) is 0 Å². The first-order chi connectivity index (χ1) is 11.1. The van der Waals surface area contributed by atoms with Gasteiger partial charge < -0.3 is 5.32 Å². The van der Waals surface area contributed by atoms with Crippen molar-refractivity contribution >= 4 is 17.2 Å². The molecule has 0 radical (unpaired) electrons. The highest BCUT2D eigenvalue weighted by molar-refractivity contribution is 7.10. The van der Waals surface area contributed by atoms with Gasteiger partial charge in [0.1, 0.15) is 5.01 Å². The van der Waals surface area contributed by atoms with E-state index in [0.717, 1.165) is 17.8 Å². The van der Waals surface area contributed by atoms with Crippen LogP contribution in [0.4, 0.5) is 0 Å². The largest absolute Gasteiger partial charge is 0.355 e. The lowest BCUT2D eigenvalue weighted by Gasteiger charge is -2.56. The lowest BCUT2D eigenvalue weighted by molar-refractivity contribution is -0.121. The van der Waals surface area contributed by atoms with Gasteiger partial charge in [-0.2, -0.15) is 5.26 Å². The Bertz CT molecular complexity index is 624. The first-order valence-electron chi connectivity index (χ1n) is 8.77. The van der Waals surface area contributed by atoms with Gasteiger partial charge in [-0.25, -0.2) is 4.98 Å². The second kappa shape index (κ2) is 5.59. The molecule has 4 nitrogen and oxygen atoms in total. The third kappa shape index (κ3) is 2.48. The molecule has 1 amide bonds. The molecule has 4 aliphatic carbocycles. The minimum absolute atomic E-state index is 0.221. The summed E-state index contributed by atoms with van der Waals surface area (Å²) in [4.78, 5) is 16.9. The predicted octanol–water partition coefficient (Wildman–Crippen LogP) is 3.35. The van der Waals surface area contributed by atoms with Crippen LogP contribution in [0.15, 0.2) is 5.38 Å². The zero-order valence-electron chi connectivity index (χ0n) is 13.5. The number of likely N-dealkylation sites (N-methyl/N-ethyl adjacent to an activating group) is 1. The molecule has 1 N–H and O–H groups in total. The SMILES string of the molecule is CCNC(=O)C(C#N)c1nc(C23CC4CC(CC(C4)C2)C3)cs1. The third-order valence-electron chi connectivity index (χ3n) is 6.09. The lowest BCUT2D eigenvalue weighted by atomic mass is 9.49. The van der Waals surface area contributed by atoms with Crippen molar-refractivity contribution in [3.8, 4) is 6.07 Å². The highest BCUT2D eigenvalue weighted by Crippen LogP contribution is 2.60. The Morgan fingerprint density at radius 2 is 2.00 bits per heavy atom. The predicted molar refractivity (Wildman–Crippen MR) is 89.0 cm³/mol. The van der Waals surface area contributed by atoms with Gasteiger partial charge in [0.2, 0.25) is 5.91 Å². The number of amides is 1. The summed E-state index contributed by atoms with van der Waals surface area (Å²) in [6, 6.07) is 2.13. The lowest BCUT2D eigenvalue weighted by Crippen LogP contribution is -2.48. The summed E-state index contributed by atoms with van der Waals surface area (Å²) in [6.45, 7) is 2.42. The van der Waals surface area contributed by atoms with E-state index < -0.39 is 5.92 Å². The van der Waals surface area contributed by atoms with Gasteiger partial charge in [-0.05, 0) is 63.2 Å². The topological polar surface area (TPSA) is 65.8 Å². The summed E-state index contributed by atoms with van der Waals surface area (Å²) in [5, 5.41) is 14.9. The fourth-order valence-corrected chi connectivity index (χ4v) is 6.57. The molecule has 1 heterocycles. The zero-order valence-corrected chi connectivity index (χ0v) is 14.4. The Balaban J connectivity index is 1.61. The van der Waals surface area contributed by atoms with Crippen LogP contribution in [0.1, 0.15) is 62.1 Å². The number of nitriles is 1. The molecule has 1 aromatic heterocycles.